The van der Waals surface area contributed by atoms with E-state index in [1.54, 1.807) is 24.6 Å². The normalized spacial score (nSPS) is 16.6. The zero-order valence-corrected chi connectivity index (χ0v) is 44.1. The van der Waals surface area contributed by atoms with E-state index in [1.807, 2.05) is 112 Å². The molecular formula is C55H67ClN10O6S. The number of aromatic nitrogens is 4. The predicted octanol–water partition coefficient (Wildman–Crippen LogP) is 9.04. The number of anilines is 3. The number of aliphatic hydroxyl groups excluding tert-OH is 1. The minimum atomic E-state index is -0.891. The lowest BCUT2D eigenvalue weighted by Crippen LogP contribution is -2.57. The Morgan fingerprint density at radius 1 is 0.986 bits per heavy atom. The standard InChI is InChI=1S/C55H67ClN10O6S/c1-34-50(73-33-60-34)36-19-17-35(18-20-36)29-58-52(70)45-28-39(67)32-66(45)53(71)51(55(2,3)4)62-47(68)15-9-7-8-10-16-48(69)64(5)37-23-25-65(26-24-37)38-21-22-44(46(27-38)72-6)61-54-59-31-42(56)49(63-54)41-30-57-43-14-12-11-13-40(41)43/h11-14,17-22,27,30-31,33,37,39,45,51,57,67H,7-10,15-16,23-26,28-29,32H2,1-6H3,(H,58,70)(H,62,68)(H,59,61,63)/t39-,45+,51?/m1/s1. The Labute approximate surface area is 436 Å². The number of H-pyrrole nitrogens is 1. The van der Waals surface area contributed by atoms with Gasteiger partial charge in [0.2, 0.25) is 29.6 Å². The third-order valence-corrected chi connectivity index (χ3v) is 15.3. The number of unbranched alkanes of at least 4 members (excludes halogenated alkanes) is 3. The number of nitrogens with zero attached hydrogens (tertiary/aromatic N) is 6. The number of likely N-dealkylation sites (tertiary alicyclic amines) is 1. The summed E-state index contributed by atoms with van der Waals surface area (Å²) in [4.78, 5) is 77.7. The number of rotatable bonds is 19. The van der Waals surface area contributed by atoms with Gasteiger partial charge in [-0.3, -0.25) is 19.2 Å². The Morgan fingerprint density at radius 2 is 1.73 bits per heavy atom. The fraction of sp³-hybridized carbons (Fsp3) is 0.436. The number of aliphatic hydroxyl groups is 1. The molecule has 3 aromatic carbocycles. The van der Waals surface area contributed by atoms with Gasteiger partial charge in [-0.15, -0.1) is 11.3 Å². The van der Waals surface area contributed by atoms with Crippen LogP contribution in [0.3, 0.4) is 0 Å². The van der Waals surface area contributed by atoms with Gasteiger partial charge in [-0.25, -0.2) is 15.0 Å². The van der Waals surface area contributed by atoms with E-state index in [9.17, 15) is 24.3 Å². The number of ether oxygens (including phenoxy) is 1. The maximum absolute atomic E-state index is 14.1. The number of methoxy groups -OCH3 is 1. The monoisotopic (exact) mass is 1030 g/mol. The molecule has 3 atom stereocenters. The van der Waals surface area contributed by atoms with Crippen molar-refractivity contribution in [1.82, 2.24) is 40.4 Å². The maximum Gasteiger partial charge on any atom is 0.246 e. The number of nitrogens with one attached hydrogen (secondary N) is 4. The van der Waals surface area contributed by atoms with Crippen molar-refractivity contribution in [3.8, 4) is 27.4 Å². The maximum atomic E-state index is 14.1. The predicted molar refractivity (Wildman–Crippen MR) is 288 cm³/mol. The molecule has 0 bridgehead atoms. The molecule has 0 saturated carbocycles. The number of fused-ring (bicyclic) bond motifs is 1. The number of aryl methyl sites for hydroxylation is 1. The quantitative estimate of drug-likeness (QED) is 0.0486. The van der Waals surface area contributed by atoms with Crippen molar-refractivity contribution in [2.45, 2.75) is 116 Å². The second kappa shape index (κ2) is 23.5. The van der Waals surface area contributed by atoms with Gasteiger partial charge >= 0.3 is 0 Å². The second-order valence-corrected chi connectivity index (χ2v) is 21.5. The lowest BCUT2D eigenvalue weighted by molar-refractivity contribution is -0.144. The van der Waals surface area contributed by atoms with Gasteiger partial charge in [0, 0.05) is 92.9 Å². The van der Waals surface area contributed by atoms with Crippen molar-refractivity contribution in [1.29, 1.82) is 0 Å². The van der Waals surface area contributed by atoms with Gasteiger partial charge in [-0.05, 0) is 67.3 Å². The highest BCUT2D eigenvalue weighted by molar-refractivity contribution is 7.13. The zero-order valence-electron chi connectivity index (χ0n) is 42.5. The van der Waals surface area contributed by atoms with Crippen LogP contribution in [-0.2, 0) is 25.7 Å². The van der Waals surface area contributed by atoms with Gasteiger partial charge in [-0.1, -0.05) is 87.7 Å². The van der Waals surface area contributed by atoms with E-state index in [0.29, 0.717) is 35.3 Å². The van der Waals surface area contributed by atoms with Gasteiger partial charge in [0.05, 0.1) is 51.9 Å². The van der Waals surface area contributed by atoms with Crippen molar-refractivity contribution in [3.63, 3.8) is 0 Å². The Balaban J connectivity index is 0.744. The molecule has 4 amide bonds. The fourth-order valence-electron chi connectivity index (χ4n) is 9.80. The van der Waals surface area contributed by atoms with Crippen LogP contribution in [0.1, 0.15) is 89.8 Å². The van der Waals surface area contributed by atoms with E-state index in [-0.39, 0.29) is 55.6 Å². The number of β-amino-alcohol motifs (C(OH)–C–C–N with tert-alkyl or cyclic N) is 1. The molecule has 2 aliphatic rings. The first-order valence-corrected chi connectivity index (χ1v) is 26.4. The molecule has 2 saturated heterocycles. The molecule has 5 N–H and O–H groups in total. The van der Waals surface area contributed by atoms with Gasteiger partial charge < -0.3 is 45.5 Å². The third kappa shape index (κ3) is 12.8. The summed E-state index contributed by atoms with van der Waals surface area (Å²) in [6.45, 7) is 9.46. The number of aromatic amines is 1. The zero-order chi connectivity index (χ0) is 51.8. The molecule has 2 aliphatic heterocycles. The summed E-state index contributed by atoms with van der Waals surface area (Å²) >= 11 is 8.16. The molecule has 16 nitrogen and oxygen atoms in total. The Hall–Kier alpha value is -6.56. The van der Waals surface area contributed by atoms with Crippen molar-refractivity contribution in [3.05, 3.63) is 101 Å². The number of halogens is 1. The van der Waals surface area contributed by atoms with E-state index in [1.165, 1.54) is 4.90 Å². The van der Waals surface area contributed by atoms with Crippen LogP contribution >= 0.6 is 22.9 Å². The first-order valence-electron chi connectivity index (χ1n) is 25.2. The average molecular weight is 1030 g/mol. The number of hydrogen-bond acceptors (Lipinski definition) is 12. The molecule has 0 spiro atoms. The third-order valence-electron chi connectivity index (χ3n) is 14.0. The molecule has 386 valence electrons. The van der Waals surface area contributed by atoms with Crippen LogP contribution in [0.5, 0.6) is 5.75 Å². The summed E-state index contributed by atoms with van der Waals surface area (Å²) in [6.07, 6.45) is 8.00. The van der Waals surface area contributed by atoms with Gasteiger partial charge in [0.25, 0.3) is 0 Å². The first-order chi connectivity index (χ1) is 35.1. The summed E-state index contributed by atoms with van der Waals surface area (Å²) in [5.41, 5.74) is 8.35. The molecule has 0 radical (unpaired) electrons. The van der Waals surface area contributed by atoms with Crippen LogP contribution in [0, 0.1) is 12.3 Å². The minimum Gasteiger partial charge on any atom is -0.494 e. The van der Waals surface area contributed by atoms with E-state index in [0.717, 1.165) is 94.7 Å². The van der Waals surface area contributed by atoms with Gasteiger partial charge in [-0.2, -0.15) is 0 Å². The van der Waals surface area contributed by atoms with Gasteiger partial charge in [0.15, 0.2) is 0 Å². The molecule has 2 fully saturated rings. The Morgan fingerprint density at radius 3 is 2.44 bits per heavy atom. The van der Waals surface area contributed by atoms with Crippen molar-refractivity contribution in [2.24, 2.45) is 5.41 Å². The van der Waals surface area contributed by atoms with E-state index in [2.05, 4.69) is 41.9 Å². The number of piperidine rings is 1. The van der Waals surface area contributed by atoms with E-state index < -0.39 is 23.6 Å². The molecule has 8 rings (SSSR count). The van der Waals surface area contributed by atoms with E-state index >= 15 is 0 Å². The molecule has 5 heterocycles. The van der Waals surface area contributed by atoms with Gasteiger partial charge in [0.1, 0.15) is 17.8 Å². The van der Waals surface area contributed by atoms with Crippen molar-refractivity contribution in [2.75, 3.05) is 44.0 Å². The number of benzene rings is 3. The summed E-state index contributed by atoms with van der Waals surface area (Å²) in [5, 5.41) is 21.3. The van der Waals surface area contributed by atoms with Crippen molar-refractivity contribution >= 4 is 74.8 Å². The fourth-order valence-corrected chi connectivity index (χ4v) is 10.8. The number of para-hydroxylation sites is 1. The lowest BCUT2D eigenvalue weighted by atomic mass is 9.85. The van der Waals surface area contributed by atoms with Crippen LogP contribution in [-0.4, -0.2) is 116 Å². The first kappa shape index (κ1) is 52.8. The van der Waals surface area contributed by atoms with Crippen molar-refractivity contribution < 1.29 is 29.0 Å². The highest BCUT2D eigenvalue weighted by Crippen LogP contribution is 2.36. The summed E-state index contributed by atoms with van der Waals surface area (Å²) in [5.74, 6) is 0.177. The SMILES string of the molecule is COc1cc(N2CCC(N(C)C(=O)CCCCCCC(=O)NC(C(=O)N3C[C@H](O)C[C@H]3C(=O)NCc3ccc(-c4scnc4C)cc3)C(C)(C)C)CC2)ccc1Nc1ncc(Cl)c(-c2c[nH]c3ccccc23)n1. The molecule has 0 aliphatic carbocycles. The largest absolute Gasteiger partial charge is 0.494 e. The van der Waals surface area contributed by atoms with Crippen LogP contribution in [0.15, 0.2) is 84.6 Å². The average Bonchev–Trinajstić information content (AvgIpc) is 4.14. The van der Waals surface area contributed by atoms with Crippen LogP contribution in [0.25, 0.3) is 32.6 Å². The molecule has 73 heavy (non-hydrogen) atoms. The number of carbonyl (C=O) groups excluding carboxylic acids is 4. The number of amides is 4. The molecule has 18 heteroatoms. The number of thiazole rings is 1. The minimum absolute atomic E-state index is 0.0110. The summed E-state index contributed by atoms with van der Waals surface area (Å²) < 4.78 is 5.81. The summed E-state index contributed by atoms with van der Waals surface area (Å²) in [6, 6.07) is 20.3. The Kier molecular flexibility index (Phi) is 17.0. The lowest BCUT2D eigenvalue weighted by Gasteiger charge is -2.38. The molecular weight excluding hydrogens is 964 g/mol. The summed E-state index contributed by atoms with van der Waals surface area (Å²) in [7, 11) is 3.53. The highest BCUT2D eigenvalue weighted by atomic mass is 35.5. The number of hydrogen-bond donors (Lipinski definition) is 5. The Bertz CT molecular complexity index is 2890. The topological polar surface area (TPSA) is 198 Å². The molecule has 6 aromatic rings. The highest BCUT2D eigenvalue weighted by Gasteiger charge is 2.44. The second-order valence-electron chi connectivity index (χ2n) is 20.2. The van der Waals surface area contributed by atoms with Crippen LogP contribution < -0.4 is 25.6 Å². The van der Waals surface area contributed by atoms with Crippen LogP contribution in [0.2, 0.25) is 5.02 Å². The number of carbonyl (C=O) groups is 4. The molecule has 1 unspecified atom stereocenters. The van der Waals surface area contributed by atoms with E-state index in [4.69, 9.17) is 21.3 Å². The molecule has 3 aromatic heterocycles. The van der Waals surface area contributed by atoms with Crippen LogP contribution in [0.4, 0.5) is 17.3 Å². The smallest absolute Gasteiger partial charge is 0.246 e.